The van der Waals surface area contributed by atoms with E-state index < -0.39 is 0 Å². The first-order valence-corrected chi connectivity index (χ1v) is 9.48. The molecule has 0 radical (unpaired) electrons. The number of rotatable bonds is 5. The number of amides is 1. The van der Waals surface area contributed by atoms with E-state index in [2.05, 4.69) is 34.9 Å². The highest BCUT2D eigenvalue weighted by molar-refractivity contribution is 5.85. The van der Waals surface area contributed by atoms with Gasteiger partial charge in [-0.1, -0.05) is 49.9 Å². The molecule has 0 aromatic heterocycles. The molecule has 0 bridgehead atoms. The Morgan fingerprint density at radius 1 is 1.24 bits per heavy atom. The third kappa shape index (κ3) is 5.70. The molecule has 2 aliphatic rings. The van der Waals surface area contributed by atoms with E-state index in [4.69, 9.17) is 4.74 Å². The summed E-state index contributed by atoms with van der Waals surface area (Å²) in [5.74, 6) is 0.00380. The molecule has 2 N–H and O–H groups in total. The normalized spacial score (nSPS) is 22.2. The Morgan fingerprint density at radius 3 is 2.72 bits per heavy atom. The van der Waals surface area contributed by atoms with Gasteiger partial charge in [-0.25, -0.2) is 0 Å². The average Bonchev–Trinajstić information content (AvgIpc) is 2.88. The van der Waals surface area contributed by atoms with Crippen molar-refractivity contribution in [1.82, 2.24) is 10.6 Å². The molecule has 1 fully saturated rings. The van der Waals surface area contributed by atoms with Crippen LogP contribution in [0.2, 0.25) is 0 Å². The van der Waals surface area contributed by atoms with Gasteiger partial charge in [0.25, 0.3) is 0 Å². The van der Waals surface area contributed by atoms with Crippen LogP contribution in [0.15, 0.2) is 24.3 Å². The van der Waals surface area contributed by atoms with Crippen molar-refractivity contribution in [2.45, 2.75) is 70.1 Å². The fraction of sp³-hybridized carbons (Fsp3) is 0.650. The molecule has 0 spiro atoms. The number of fused-ring (bicyclic) bond motifs is 1. The van der Waals surface area contributed by atoms with Crippen LogP contribution in [0.4, 0.5) is 0 Å². The van der Waals surface area contributed by atoms with Crippen molar-refractivity contribution in [3.05, 3.63) is 35.4 Å². The third-order valence-corrected chi connectivity index (χ3v) is 5.26. The standard InChI is InChI=1S/C20H30N2O2.ClH/c1-15(24-17-9-4-2-3-5-10-17)20(23)22-14-19-18-11-7-6-8-16(18)12-13-21-19;/h6-8,11,15,17,19,21H,2-5,9-10,12-14H2,1H3,(H,22,23);1H. The Balaban J connectivity index is 0.00000225. The van der Waals surface area contributed by atoms with Crippen LogP contribution < -0.4 is 10.6 Å². The first kappa shape index (κ1) is 20.2. The van der Waals surface area contributed by atoms with E-state index >= 15 is 0 Å². The summed E-state index contributed by atoms with van der Waals surface area (Å²) in [7, 11) is 0. The van der Waals surface area contributed by atoms with Crippen molar-refractivity contribution in [2.24, 2.45) is 0 Å². The van der Waals surface area contributed by atoms with E-state index in [1.165, 1.54) is 36.8 Å². The number of benzene rings is 1. The summed E-state index contributed by atoms with van der Waals surface area (Å²) in [6.45, 7) is 3.46. The molecule has 5 heteroatoms. The van der Waals surface area contributed by atoms with Crippen molar-refractivity contribution >= 4 is 18.3 Å². The first-order chi connectivity index (χ1) is 11.7. The maximum Gasteiger partial charge on any atom is 0.248 e. The topological polar surface area (TPSA) is 50.4 Å². The van der Waals surface area contributed by atoms with Gasteiger partial charge in [-0.05, 0) is 43.9 Å². The van der Waals surface area contributed by atoms with Crippen LogP contribution in [-0.4, -0.2) is 31.2 Å². The molecule has 0 saturated heterocycles. The Bertz CT molecular complexity index is 544. The molecular weight excluding hydrogens is 336 g/mol. The molecule has 3 rings (SSSR count). The second-order valence-electron chi connectivity index (χ2n) is 7.09. The molecule has 4 nitrogen and oxygen atoms in total. The molecule has 1 aromatic carbocycles. The number of hydrogen-bond donors (Lipinski definition) is 2. The molecule has 1 aromatic rings. The van der Waals surface area contributed by atoms with Gasteiger partial charge in [0.15, 0.2) is 0 Å². The van der Waals surface area contributed by atoms with Gasteiger partial charge in [-0.3, -0.25) is 4.79 Å². The largest absolute Gasteiger partial charge is 0.365 e. The van der Waals surface area contributed by atoms with E-state index in [1.807, 2.05) is 6.92 Å². The van der Waals surface area contributed by atoms with Crippen molar-refractivity contribution < 1.29 is 9.53 Å². The fourth-order valence-corrected chi connectivity index (χ4v) is 3.85. The molecule has 2 atom stereocenters. The number of carbonyl (C=O) groups excluding carboxylic acids is 1. The number of ether oxygens (including phenoxy) is 1. The summed E-state index contributed by atoms with van der Waals surface area (Å²) >= 11 is 0. The lowest BCUT2D eigenvalue weighted by molar-refractivity contribution is -0.135. The zero-order chi connectivity index (χ0) is 16.8. The number of halogens is 1. The summed E-state index contributed by atoms with van der Waals surface area (Å²) in [5, 5.41) is 6.58. The lowest BCUT2D eigenvalue weighted by Gasteiger charge is -2.28. The maximum absolute atomic E-state index is 12.4. The lowest BCUT2D eigenvalue weighted by Crippen LogP contribution is -2.43. The first-order valence-electron chi connectivity index (χ1n) is 9.48. The van der Waals surface area contributed by atoms with Crippen molar-refractivity contribution in [3.8, 4) is 0 Å². The SMILES string of the molecule is CC(OC1CCCCCC1)C(=O)NCC1NCCc2ccccc21.Cl. The Morgan fingerprint density at radius 2 is 1.96 bits per heavy atom. The minimum Gasteiger partial charge on any atom is -0.365 e. The summed E-state index contributed by atoms with van der Waals surface area (Å²) < 4.78 is 6.01. The fourth-order valence-electron chi connectivity index (χ4n) is 3.85. The number of carbonyl (C=O) groups is 1. The predicted octanol–water partition coefficient (Wildman–Crippen LogP) is 3.54. The van der Waals surface area contributed by atoms with Crippen molar-refractivity contribution in [3.63, 3.8) is 0 Å². The Labute approximate surface area is 157 Å². The summed E-state index contributed by atoms with van der Waals surface area (Å²) in [4.78, 5) is 12.4. The molecule has 2 unspecified atom stereocenters. The van der Waals surface area contributed by atoms with Crippen molar-refractivity contribution in [1.29, 1.82) is 0 Å². The Kier molecular flexibility index (Phi) is 8.20. The summed E-state index contributed by atoms with van der Waals surface area (Å²) in [5.41, 5.74) is 2.69. The van der Waals surface area contributed by atoms with E-state index in [0.717, 1.165) is 25.8 Å². The van der Waals surface area contributed by atoms with Gasteiger partial charge in [0.2, 0.25) is 5.91 Å². The highest BCUT2D eigenvalue weighted by atomic mass is 35.5. The molecule has 140 valence electrons. The number of hydrogen-bond acceptors (Lipinski definition) is 3. The third-order valence-electron chi connectivity index (χ3n) is 5.26. The Hall–Kier alpha value is -1.10. The second-order valence-corrected chi connectivity index (χ2v) is 7.09. The van der Waals surface area contributed by atoms with E-state index in [0.29, 0.717) is 6.54 Å². The predicted molar refractivity (Wildman–Crippen MR) is 103 cm³/mol. The smallest absolute Gasteiger partial charge is 0.248 e. The minimum atomic E-state index is -0.369. The van der Waals surface area contributed by atoms with E-state index in [-0.39, 0.29) is 36.6 Å². The van der Waals surface area contributed by atoms with Gasteiger partial charge < -0.3 is 15.4 Å². The van der Waals surface area contributed by atoms with Crippen molar-refractivity contribution in [2.75, 3.05) is 13.1 Å². The van der Waals surface area contributed by atoms with Gasteiger partial charge in [-0.15, -0.1) is 12.4 Å². The van der Waals surface area contributed by atoms with Gasteiger partial charge in [0.1, 0.15) is 6.10 Å². The highest BCUT2D eigenvalue weighted by Crippen LogP contribution is 2.23. The van der Waals surface area contributed by atoms with Crippen LogP contribution >= 0.6 is 12.4 Å². The van der Waals surface area contributed by atoms with Crippen LogP contribution in [0.5, 0.6) is 0 Å². The maximum atomic E-state index is 12.4. The highest BCUT2D eigenvalue weighted by Gasteiger charge is 2.23. The van der Waals surface area contributed by atoms with Crippen LogP contribution in [0.1, 0.15) is 62.6 Å². The zero-order valence-corrected chi connectivity index (χ0v) is 15.9. The van der Waals surface area contributed by atoms with Crippen LogP contribution in [-0.2, 0) is 16.0 Å². The van der Waals surface area contributed by atoms with Gasteiger partial charge >= 0.3 is 0 Å². The molecular formula is C20H31ClN2O2. The van der Waals surface area contributed by atoms with Crippen LogP contribution in [0, 0.1) is 0 Å². The molecule has 1 saturated carbocycles. The minimum absolute atomic E-state index is 0. The van der Waals surface area contributed by atoms with Gasteiger partial charge in [-0.2, -0.15) is 0 Å². The summed E-state index contributed by atoms with van der Waals surface area (Å²) in [6.07, 6.45) is 8.17. The molecule has 25 heavy (non-hydrogen) atoms. The molecule has 1 aliphatic carbocycles. The second kappa shape index (κ2) is 10.1. The zero-order valence-electron chi connectivity index (χ0n) is 15.1. The monoisotopic (exact) mass is 366 g/mol. The van der Waals surface area contributed by atoms with Gasteiger partial charge in [0.05, 0.1) is 6.10 Å². The average molecular weight is 367 g/mol. The van der Waals surface area contributed by atoms with E-state index in [9.17, 15) is 4.79 Å². The quantitative estimate of drug-likeness (QED) is 0.783. The van der Waals surface area contributed by atoms with Crippen LogP contribution in [0.25, 0.3) is 0 Å². The number of nitrogens with one attached hydrogen (secondary N) is 2. The molecule has 1 aliphatic heterocycles. The molecule has 1 amide bonds. The lowest BCUT2D eigenvalue weighted by atomic mass is 9.94. The van der Waals surface area contributed by atoms with E-state index in [1.54, 1.807) is 0 Å². The molecule has 1 heterocycles. The van der Waals surface area contributed by atoms with Crippen LogP contribution in [0.3, 0.4) is 0 Å². The summed E-state index contributed by atoms with van der Waals surface area (Å²) in [6, 6.07) is 8.69. The van der Waals surface area contributed by atoms with Gasteiger partial charge in [0, 0.05) is 12.6 Å².